The van der Waals surface area contributed by atoms with Gasteiger partial charge in [0.05, 0.1) is 0 Å². The van der Waals surface area contributed by atoms with E-state index in [1.54, 1.807) is 0 Å². The van der Waals surface area contributed by atoms with Crippen molar-refractivity contribution in [2.75, 3.05) is 18.4 Å². The van der Waals surface area contributed by atoms with Gasteiger partial charge in [0.15, 0.2) is 0 Å². The predicted octanol–water partition coefficient (Wildman–Crippen LogP) is 3.21. The van der Waals surface area contributed by atoms with Crippen molar-refractivity contribution in [3.05, 3.63) is 53.6 Å². The summed E-state index contributed by atoms with van der Waals surface area (Å²) in [6.07, 6.45) is 3.36. The summed E-state index contributed by atoms with van der Waals surface area (Å²) in [5.41, 5.74) is 12.2. The lowest BCUT2D eigenvalue weighted by Gasteiger charge is -2.18. The summed E-state index contributed by atoms with van der Waals surface area (Å²) in [6.45, 7) is 1.81. The van der Waals surface area contributed by atoms with E-state index in [9.17, 15) is 0 Å². The molecule has 0 bridgehead atoms. The first-order valence-electron chi connectivity index (χ1n) is 7.03. The smallest absolute Gasteiger partial charge is 0.0373 e. The topological polar surface area (TPSA) is 38.0 Å². The van der Waals surface area contributed by atoms with Crippen molar-refractivity contribution < 1.29 is 0 Å². The van der Waals surface area contributed by atoms with E-state index in [0.29, 0.717) is 6.54 Å². The highest BCUT2D eigenvalue weighted by Crippen LogP contribution is 2.28. The Hall–Kier alpha value is -1.80. The Morgan fingerprint density at radius 1 is 1.00 bits per heavy atom. The van der Waals surface area contributed by atoms with Gasteiger partial charge in [0.1, 0.15) is 0 Å². The fraction of sp³-hybridized carbons (Fsp3) is 0.294. The molecule has 0 spiro atoms. The zero-order valence-corrected chi connectivity index (χ0v) is 11.2. The van der Waals surface area contributed by atoms with E-state index in [1.807, 2.05) is 0 Å². The lowest BCUT2D eigenvalue weighted by Crippen LogP contribution is -2.11. The molecule has 0 unspecified atom stereocenters. The second-order valence-corrected chi connectivity index (χ2v) is 5.14. The molecule has 2 nitrogen and oxygen atoms in total. The minimum absolute atomic E-state index is 0.712. The van der Waals surface area contributed by atoms with Crippen molar-refractivity contribution in [1.82, 2.24) is 0 Å². The molecule has 2 aromatic rings. The summed E-state index contributed by atoms with van der Waals surface area (Å²) in [6, 6.07) is 15.5. The SMILES string of the molecule is NCCc1ccc(-c2ccc3c(c2)CCCN3)cc1. The van der Waals surface area contributed by atoms with Crippen molar-refractivity contribution in [3.63, 3.8) is 0 Å². The van der Waals surface area contributed by atoms with Crippen molar-refractivity contribution in [2.45, 2.75) is 19.3 Å². The molecular weight excluding hydrogens is 232 g/mol. The summed E-state index contributed by atoms with van der Waals surface area (Å²) >= 11 is 0. The zero-order chi connectivity index (χ0) is 13.1. The van der Waals surface area contributed by atoms with E-state index in [-0.39, 0.29) is 0 Å². The third-order valence-corrected chi connectivity index (χ3v) is 3.76. The first-order valence-corrected chi connectivity index (χ1v) is 7.03. The van der Waals surface area contributed by atoms with Crippen LogP contribution in [0.4, 0.5) is 5.69 Å². The number of aryl methyl sites for hydroxylation is 1. The standard InChI is InChI=1S/C17H20N2/c18-10-9-13-3-5-14(6-4-13)15-7-8-17-16(12-15)2-1-11-19-17/h3-8,12,19H,1-2,9-11,18H2. The van der Waals surface area contributed by atoms with E-state index >= 15 is 0 Å². The van der Waals surface area contributed by atoms with Crippen LogP contribution in [0.25, 0.3) is 11.1 Å². The molecule has 0 atom stereocenters. The lowest BCUT2D eigenvalue weighted by atomic mass is 9.96. The molecule has 0 radical (unpaired) electrons. The normalized spacial score (nSPS) is 13.7. The lowest BCUT2D eigenvalue weighted by molar-refractivity contribution is 0.830. The summed E-state index contributed by atoms with van der Waals surface area (Å²) in [5, 5.41) is 3.45. The van der Waals surface area contributed by atoms with E-state index in [0.717, 1.165) is 13.0 Å². The Morgan fingerprint density at radius 2 is 1.79 bits per heavy atom. The van der Waals surface area contributed by atoms with E-state index in [1.165, 1.54) is 40.8 Å². The van der Waals surface area contributed by atoms with Gasteiger partial charge in [-0.15, -0.1) is 0 Å². The molecule has 0 amide bonds. The predicted molar refractivity (Wildman–Crippen MR) is 81.4 cm³/mol. The van der Waals surface area contributed by atoms with Gasteiger partial charge in [-0.3, -0.25) is 0 Å². The van der Waals surface area contributed by atoms with Gasteiger partial charge in [-0.1, -0.05) is 30.3 Å². The third-order valence-electron chi connectivity index (χ3n) is 3.76. The van der Waals surface area contributed by atoms with Gasteiger partial charge < -0.3 is 11.1 Å². The molecule has 1 heterocycles. The highest BCUT2D eigenvalue weighted by molar-refractivity contribution is 5.69. The number of hydrogen-bond donors (Lipinski definition) is 2. The van der Waals surface area contributed by atoms with Crippen LogP contribution in [-0.4, -0.2) is 13.1 Å². The van der Waals surface area contributed by atoms with Crippen molar-refractivity contribution in [1.29, 1.82) is 0 Å². The average Bonchev–Trinajstić information content (AvgIpc) is 2.48. The van der Waals surface area contributed by atoms with Gasteiger partial charge in [0.25, 0.3) is 0 Å². The molecule has 1 aliphatic rings. The molecule has 3 rings (SSSR count). The molecule has 0 saturated heterocycles. The Labute approximate surface area is 114 Å². The molecule has 98 valence electrons. The second-order valence-electron chi connectivity index (χ2n) is 5.14. The van der Waals surface area contributed by atoms with Crippen LogP contribution >= 0.6 is 0 Å². The third kappa shape index (κ3) is 2.64. The van der Waals surface area contributed by atoms with E-state index in [4.69, 9.17) is 5.73 Å². The van der Waals surface area contributed by atoms with Crippen molar-refractivity contribution in [3.8, 4) is 11.1 Å². The van der Waals surface area contributed by atoms with Crippen LogP contribution in [0.3, 0.4) is 0 Å². The van der Waals surface area contributed by atoms with Crippen molar-refractivity contribution in [2.24, 2.45) is 5.73 Å². The molecule has 2 heteroatoms. The van der Waals surface area contributed by atoms with Gasteiger partial charge in [-0.25, -0.2) is 0 Å². The molecule has 19 heavy (non-hydrogen) atoms. The Balaban J connectivity index is 1.89. The number of nitrogens with two attached hydrogens (primary N) is 1. The molecule has 0 aliphatic carbocycles. The van der Waals surface area contributed by atoms with Gasteiger partial charge in [-0.05, 0) is 60.2 Å². The van der Waals surface area contributed by atoms with Gasteiger partial charge >= 0.3 is 0 Å². The highest BCUT2D eigenvalue weighted by atomic mass is 14.9. The average molecular weight is 252 g/mol. The molecule has 2 aromatic carbocycles. The molecular formula is C17H20N2. The van der Waals surface area contributed by atoms with Crippen LogP contribution in [0.2, 0.25) is 0 Å². The Kier molecular flexibility index (Phi) is 3.51. The first-order chi connectivity index (χ1) is 9.36. The number of nitrogens with one attached hydrogen (secondary N) is 1. The molecule has 3 N–H and O–H groups in total. The minimum atomic E-state index is 0.712. The van der Waals surface area contributed by atoms with Gasteiger partial charge in [0, 0.05) is 12.2 Å². The summed E-state index contributed by atoms with van der Waals surface area (Å²) in [7, 11) is 0. The van der Waals surface area contributed by atoms with Gasteiger partial charge in [-0.2, -0.15) is 0 Å². The molecule has 1 aliphatic heterocycles. The van der Waals surface area contributed by atoms with E-state index < -0.39 is 0 Å². The minimum Gasteiger partial charge on any atom is -0.385 e. The van der Waals surface area contributed by atoms with Crippen LogP contribution in [0, 0.1) is 0 Å². The fourth-order valence-electron chi connectivity index (χ4n) is 2.68. The largest absolute Gasteiger partial charge is 0.385 e. The number of fused-ring (bicyclic) bond motifs is 1. The number of benzene rings is 2. The summed E-state index contributed by atoms with van der Waals surface area (Å²) < 4.78 is 0. The second kappa shape index (κ2) is 5.45. The van der Waals surface area contributed by atoms with Crippen LogP contribution in [0.1, 0.15) is 17.5 Å². The number of hydrogen-bond acceptors (Lipinski definition) is 2. The highest BCUT2D eigenvalue weighted by Gasteiger charge is 2.09. The van der Waals surface area contributed by atoms with Crippen LogP contribution in [-0.2, 0) is 12.8 Å². The van der Waals surface area contributed by atoms with Crippen LogP contribution in [0.15, 0.2) is 42.5 Å². The maximum absolute atomic E-state index is 5.58. The molecule has 0 fully saturated rings. The summed E-state index contributed by atoms with van der Waals surface area (Å²) in [4.78, 5) is 0. The zero-order valence-electron chi connectivity index (χ0n) is 11.2. The Morgan fingerprint density at radius 3 is 2.58 bits per heavy atom. The monoisotopic (exact) mass is 252 g/mol. The van der Waals surface area contributed by atoms with Crippen LogP contribution < -0.4 is 11.1 Å². The Bertz CT molecular complexity index is 558. The molecule has 0 aromatic heterocycles. The first kappa shape index (κ1) is 12.2. The fourth-order valence-corrected chi connectivity index (χ4v) is 2.68. The quantitative estimate of drug-likeness (QED) is 0.880. The van der Waals surface area contributed by atoms with Gasteiger partial charge in [0.2, 0.25) is 0 Å². The summed E-state index contributed by atoms with van der Waals surface area (Å²) in [5.74, 6) is 0. The molecule has 0 saturated carbocycles. The maximum Gasteiger partial charge on any atom is 0.0373 e. The van der Waals surface area contributed by atoms with Crippen LogP contribution in [0.5, 0.6) is 0 Å². The number of anilines is 1. The van der Waals surface area contributed by atoms with Crippen molar-refractivity contribution >= 4 is 5.69 Å². The number of rotatable bonds is 3. The maximum atomic E-state index is 5.58. The van der Waals surface area contributed by atoms with E-state index in [2.05, 4.69) is 47.8 Å².